The number of ether oxygens (including phenoxy) is 5. The molecule has 7 nitrogen and oxygen atoms in total. The van der Waals surface area contributed by atoms with Crippen LogP contribution < -0.4 is 18.9 Å². The lowest BCUT2D eigenvalue weighted by atomic mass is 10.0. The van der Waals surface area contributed by atoms with E-state index in [9.17, 15) is 9.18 Å². The molecule has 1 aliphatic heterocycles. The Balaban J connectivity index is 1.72. The van der Waals surface area contributed by atoms with Crippen LogP contribution in [0.25, 0.3) is 0 Å². The third-order valence-electron chi connectivity index (χ3n) is 4.39. The molecule has 154 valence electrons. The zero-order chi connectivity index (χ0) is 20.8. The summed E-state index contributed by atoms with van der Waals surface area (Å²) >= 11 is 0. The van der Waals surface area contributed by atoms with Crippen LogP contribution in [-0.2, 0) is 9.53 Å². The van der Waals surface area contributed by atoms with Gasteiger partial charge in [-0.1, -0.05) is 6.07 Å². The smallest absolute Gasteiger partial charge is 0.197 e. The van der Waals surface area contributed by atoms with Crippen molar-refractivity contribution < 1.29 is 32.9 Å². The number of carbonyl (C=O) groups excluding carboxylic acids is 1. The molecular formula is C21H22FNO6. The first-order valence-electron chi connectivity index (χ1n) is 8.94. The van der Waals surface area contributed by atoms with E-state index in [2.05, 4.69) is 4.99 Å². The summed E-state index contributed by atoms with van der Waals surface area (Å²) in [7, 11) is 4.21. The molecule has 0 aromatic heterocycles. The highest BCUT2D eigenvalue weighted by Gasteiger charge is 2.22. The van der Waals surface area contributed by atoms with Gasteiger partial charge in [-0.05, 0) is 29.8 Å². The number of halogens is 1. The van der Waals surface area contributed by atoms with Crippen molar-refractivity contribution in [1.82, 2.24) is 0 Å². The van der Waals surface area contributed by atoms with Crippen LogP contribution in [0.15, 0.2) is 35.3 Å². The van der Waals surface area contributed by atoms with Crippen LogP contribution in [0.4, 0.5) is 4.39 Å². The quantitative estimate of drug-likeness (QED) is 0.631. The highest BCUT2D eigenvalue weighted by molar-refractivity contribution is 5.89. The maximum absolute atomic E-state index is 14.5. The van der Waals surface area contributed by atoms with E-state index >= 15 is 0 Å². The monoisotopic (exact) mass is 403 g/mol. The van der Waals surface area contributed by atoms with Crippen LogP contribution in [0.3, 0.4) is 0 Å². The molecule has 0 saturated carbocycles. The van der Waals surface area contributed by atoms with Crippen LogP contribution in [0.1, 0.15) is 17.2 Å². The number of hydrogen-bond acceptors (Lipinski definition) is 7. The first-order chi connectivity index (χ1) is 14.1. The number of carbonyl (C=O) groups is 1. The summed E-state index contributed by atoms with van der Waals surface area (Å²) in [5.41, 5.74) is 0.818. The third kappa shape index (κ3) is 4.48. The second-order valence-electron chi connectivity index (χ2n) is 6.16. The van der Waals surface area contributed by atoms with Crippen LogP contribution >= 0.6 is 0 Å². The minimum atomic E-state index is -0.821. The number of ketones is 1. The second-order valence-corrected chi connectivity index (χ2v) is 6.16. The van der Waals surface area contributed by atoms with Crippen molar-refractivity contribution in [3.8, 4) is 23.0 Å². The summed E-state index contributed by atoms with van der Waals surface area (Å²) in [5, 5.41) is 0. The molecule has 8 heteroatoms. The van der Waals surface area contributed by atoms with Crippen LogP contribution in [0.2, 0.25) is 0 Å². The van der Waals surface area contributed by atoms with Crippen LogP contribution in [0.5, 0.6) is 23.0 Å². The van der Waals surface area contributed by atoms with Crippen LogP contribution in [0, 0.1) is 5.82 Å². The molecule has 2 aromatic rings. The highest BCUT2D eigenvalue weighted by Crippen LogP contribution is 2.34. The Morgan fingerprint density at radius 2 is 1.90 bits per heavy atom. The Labute approximate surface area is 168 Å². The van der Waals surface area contributed by atoms with Crippen molar-refractivity contribution in [2.24, 2.45) is 4.99 Å². The van der Waals surface area contributed by atoms with E-state index < -0.39 is 11.9 Å². The summed E-state index contributed by atoms with van der Waals surface area (Å²) in [6.45, 7) is 0.754. The van der Waals surface area contributed by atoms with Gasteiger partial charge in [0.25, 0.3) is 0 Å². The maximum atomic E-state index is 14.5. The van der Waals surface area contributed by atoms with Gasteiger partial charge in [0.2, 0.25) is 0 Å². The van der Waals surface area contributed by atoms with E-state index in [1.807, 2.05) is 0 Å². The van der Waals surface area contributed by atoms with Gasteiger partial charge in [0.1, 0.15) is 25.9 Å². The Hall–Kier alpha value is -3.13. The fraction of sp³-hybridized carbons (Fsp3) is 0.333. The number of rotatable bonds is 8. The molecule has 1 atom stereocenters. The summed E-state index contributed by atoms with van der Waals surface area (Å²) in [5.74, 6) is 0.563. The second kappa shape index (κ2) is 9.38. The van der Waals surface area contributed by atoms with Crippen molar-refractivity contribution in [2.45, 2.75) is 6.10 Å². The first-order valence-corrected chi connectivity index (χ1v) is 8.94. The summed E-state index contributed by atoms with van der Waals surface area (Å²) in [6.07, 6.45) is 0.462. The van der Waals surface area contributed by atoms with Crippen molar-refractivity contribution in [3.05, 3.63) is 47.3 Å². The zero-order valence-electron chi connectivity index (χ0n) is 16.4. The number of fused-ring (bicyclic) bond motifs is 1. The normalized spacial score (nSPS) is 13.9. The van der Waals surface area contributed by atoms with Gasteiger partial charge >= 0.3 is 0 Å². The number of methoxy groups -OCH3 is 3. The summed E-state index contributed by atoms with van der Waals surface area (Å²) in [4.78, 5) is 16.7. The summed E-state index contributed by atoms with van der Waals surface area (Å²) < 4.78 is 40.9. The van der Waals surface area contributed by atoms with Crippen LogP contribution in [-0.4, -0.2) is 53.1 Å². The molecule has 0 aliphatic carbocycles. The van der Waals surface area contributed by atoms with Gasteiger partial charge in [0.05, 0.1) is 14.2 Å². The van der Waals surface area contributed by atoms with Crippen molar-refractivity contribution in [3.63, 3.8) is 0 Å². The molecule has 0 fully saturated rings. The SMILES string of the molecule is COc1ccc(C=NCC(=O)C(OC)c2ccc3c(c2)OCCO3)c(F)c1OC. The fourth-order valence-corrected chi connectivity index (χ4v) is 3.00. The van der Waals surface area contributed by atoms with Gasteiger partial charge in [-0.3, -0.25) is 9.79 Å². The minimum absolute atomic E-state index is 0.0196. The molecule has 0 N–H and O–H groups in total. The van der Waals surface area contributed by atoms with E-state index in [4.69, 9.17) is 23.7 Å². The van der Waals surface area contributed by atoms with Crippen molar-refractivity contribution >= 4 is 12.0 Å². The zero-order valence-corrected chi connectivity index (χ0v) is 16.4. The Kier molecular flexibility index (Phi) is 6.66. The number of Topliss-reactive ketones (excluding diaryl/α,β-unsaturated/α-hetero) is 1. The number of nitrogens with zero attached hydrogens (tertiary/aromatic N) is 1. The van der Waals surface area contributed by atoms with E-state index in [1.54, 1.807) is 24.3 Å². The topological polar surface area (TPSA) is 75.6 Å². The largest absolute Gasteiger partial charge is 0.493 e. The molecule has 0 amide bonds. The Bertz CT molecular complexity index is 914. The van der Waals surface area contributed by atoms with Crippen molar-refractivity contribution in [2.75, 3.05) is 41.1 Å². The van der Waals surface area contributed by atoms with Gasteiger partial charge in [-0.15, -0.1) is 0 Å². The van der Waals surface area contributed by atoms with Gasteiger partial charge in [-0.25, -0.2) is 4.39 Å². The summed E-state index contributed by atoms with van der Waals surface area (Å²) in [6, 6.07) is 8.28. The lowest BCUT2D eigenvalue weighted by Crippen LogP contribution is -2.19. The van der Waals surface area contributed by atoms with Crippen molar-refractivity contribution in [1.29, 1.82) is 0 Å². The standard InChI is InChI=1S/C21H22FNO6/c1-25-17-7-5-14(19(22)21(17)27-3)11-23-12-15(24)20(26-2)13-4-6-16-18(10-13)29-9-8-28-16/h4-7,10-11,20H,8-9,12H2,1-3H3. The van der Waals surface area contributed by atoms with Gasteiger partial charge in [0.15, 0.2) is 34.6 Å². The lowest BCUT2D eigenvalue weighted by Gasteiger charge is -2.20. The number of aliphatic imine (C=N–C) groups is 1. The molecule has 1 unspecified atom stereocenters. The number of benzene rings is 2. The Morgan fingerprint density at radius 3 is 2.59 bits per heavy atom. The molecule has 29 heavy (non-hydrogen) atoms. The first kappa shape index (κ1) is 20.6. The molecule has 1 aliphatic rings. The molecule has 0 bridgehead atoms. The van der Waals surface area contributed by atoms with Gasteiger partial charge in [-0.2, -0.15) is 0 Å². The van der Waals surface area contributed by atoms with E-state index in [0.717, 1.165) is 0 Å². The Morgan fingerprint density at radius 1 is 1.14 bits per heavy atom. The fourth-order valence-electron chi connectivity index (χ4n) is 3.00. The predicted octanol–water partition coefficient (Wildman–Crippen LogP) is 2.99. The molecule has 0 radical (unpaired) electrons. The van der Waals surface area contributed by atoms with Gasteiger partial charge in [0, 0.05) is 18.9 Å². The predicted molar refractivity (Wildman–Crippen MR) is 104 cm³/mol. The third-order valence-corrected chi connectivity index (χ3v) is 4.39. The molecule has 0 spiro atoms. The molecule has 3 rings (SSSR count). The molecule has 1 heterocycles. The highest BCUT2D eigenvalue weighted by atomic mass is 19.1. The maximum Gasteiger partial charge on any atom is 0.197 e. The molecule has 0 saturated heterocycles. The van der Waals surface area contributed by atoms with Gasteiger partial charge < -0.3 is 23.7 Å². The minimum Gasteiger partial charge on any atom is -0.493 e. The number of hydrogen-bond donors (Lipinski definition) is 0. The van der Waals surface area contributed by atoms with E-state index in [0.29, 0.717) is 30.3 Å². The van der Waals surface area contributed by atoms with E-state index in [-0.39, 0.29) is 29.4 Å². The average molecular weight is 403 g/mol. The molecule has 2 aromatic carbocycles. The average Bonchev–Trinajstić information content (AvgIpc) is 2.75. The van der Waals surface area contributed by atoms with E-state index in [1.165, 1.54) is 33.6 Å². The lowest BCUT2D eigenvalue weighted by molar-refractivity contribution is -0.127. The molecular weight excluding hydrogens is 381 g/mol.